The average Bonchev–Trinajstić information content (AvgIpc) is 3.13. The molecular formula is C23H26O2. The minimum Gasteiger partial charge on any atom is -0.490 e. The fraction of sp³-hybridized carbons (Fsp3) is 0.435. The molecule has 2 aliphatic carbocycles. The zero-order valence-corrected chi connectivity index (χ0v) is 14.7. The van der Waals surface area contributed by atoms with Gasteiger partial charge in [-0.05, 0) is 73.3 Å². The Bertz CT molecular complexity index is 716. The Balaban J connectivity index is 1.38. The first-order chi connectivity index (χ1) is 12.3. The number of carbonyl (C=O) groups is 1. The third kappa shape index (κ3) is 3.63. The predicted molar refractivity (Wildman–Crippen MR) is 101 cm³/mol. The van der Waals surface area contributed by atoms with E-state index in [-0.39, 0.29) is 0 Å². The van der Waals surface area contributed by atoms with E-state index < -0.39 is 0 Å². The lowest BCUT2D eigenvalue weighted by molar-refractivity contribution is 0.0824. The molecule has 2 saturated carbocycles. The second-order valence-electron chi connectivity index (χ2n) is 7.79. The Labute approximate surface area is 150 Å². The molecule has 0 aliphatic heterocycles. The summed E-state index contributed by atoms with van der Waals surface area (Å²) in [5.74, 6) is 0.961. The second-order valence-corrected chi connectivity index (χ2v) is 7.79. The molecule has 0 bridgehead atoms. The first-order valence-electron chi connectivity index (χ1n) is 9.59. The van der Waals surface area contributed by atoms with Gasteiger partial charge < -0.3 is 4.74 Å². The molecule has 1 spiro atoms. The molecule has 0 radical (unpaired) electrons. The Morgan fingerprint density at radius 2 is 1.60 bits per heavy atom. The molecule has 2 nitrogen and oxygen atoms in total. The SMILES string of the molecule is O=Cc1cccc(-c2ccc(OC3CCC4(CCCC4)CC3)cc2)c1. The molecule has 0 N–H and O–H groups in total. The van der Waals surface area contributed by atoms with Gasteiger partial charge in [-0.25, -0.2) is 0 Å². The number of benzene rings is 2. The summed E-state index contributed by atoms with van der Waals surface area (Å²) in [6.45, 7) is 0. The standard InChI is InChI=1S/C23H26O2/c24-17-18-4-3-5-20(16-18)19-6-8-21(9-7-19)25-22-10-14-23(15-11-22)12-1-2-13-23/h3-9,16-17,22H,1-2,10-15H2. The largest absolute Gasteiger partial charge is 0.490 e. The van der Waals surface area contributed by atoms with Crippen LogP contribution in [0.4, 0.5) is 0 Å². The quantitative estimate of drug-likeness (QED) is 0.636. The lowest BCUT2D eigenvalue weighted by Gasteiger charge is -2.37. The predicted octanol–water partition coefficient (Wildman–Crippen LogP) is 6.05. The van der Waals surface area contributed by atoms with Gasteiger partial charge in [-0.15, -0.1) is 0 Å². The summed E-state index contributed by atoms with van der Waals surface area (Å²) in [4.78, 5) is 10.9. The molecule has 0 aromatic heterocycles. The Morgan fingerprint density at radius 1 is 0.880 bits per heavy atom. The lowest BCUT2D eigenvalue weighted by atomic mass is 9.72. The van der Waals surface area contributed by atoms with Crippen LogP contribution in [0.5, 0.6) is 5.75 Å². The van der Waals surface area contributed by atoms with E-state index in [4.69, 9.17) is 4.74 Å². The highest BCUT2D eigenvalue weighted by Gasteiger charge is 2.37. The van der Waals surface area contributed by atoms with Crippen molar-refractivity contribution in [1.29, 1.82) is 0 Å². The van der Waals surface area contributed by atoms with Gasteiger partial charge >= 0.3 is 0 Å². The lowest BCUT2D eigenvalue weighted by Crippen LogP contribution is -2.30. The molecule has 25 heavy (non-hydrogen) atoms. The van der Waals surface area contributed by atoms with Crippen LogP contribution in [0.25, 0.3) is 11.1 Å². The van der Waals surface area contributed by atoms with E-state index >= 15 is 0 Å². The molecule has 0 unspecified atom stereocenters. The summed E-state index contributed by atoms with van der Waals surface area (Å²) in [6, 6.07) is 16.0. The van der Waals surface area contributed by atoms with Crippen molar-refractivity contribution >= 4 is 6.29 Å². The number of hydrogen-bond acceptors (Lipinski definition) is 2. The van der Waals surface area contributed by atoms with Gasteiger partial charge in [0.1, 0.15) is 12.0 Å². The normalized spacial score (nSPS) is 19.8. The van der Waals surface area contributed by atoms with Crippen LogP contribution in [0, 0.1) is 5.41 Å². The molecule has 4 rings (SSSR count). The molecule has 2 aliphatic rings. The van der Waals surface area contributed by atoms with Gasteiger partial charge in [0.15, 0.2) is 0 Å². The van der Waals surface area contributed by atoms with E-state index in [9.17, 15) is 4.79 Å². The van der Waals surface area contributed by atoms with E-state index in [2.05, 4.69) is 24.3 Å². The Hall–Kier alpha value is -2.09. The molecule has 0 amide bonds. The van der Waals surface area contributed by atoms with E-state index in [0.717, 1.165) is 23.2 Å². The smallest absolute Gasteiger partial charge is 0.150 e. The van der Waals surface area contributed by atoms with Crippen molar-refractivity contribution in [3.63, 3.8) is 0 Å². The topological polar surface area (TPSA) is 26.3 Å². The van der Waals surface area contributed by atoms with Crippen LogP contribution >= 0.6 is 0 Å². The number of hydrogen-bond donors (Lipinski definition) is 0. The summed E-state index contributed by atoms with van der Waals surface area (Å²) in [5, 5.41) is 0. The first kappa shape index (κ1) is 16.4. The molecule has 2 aromatic carbocycles. The van der Waals surface area contributed by atoms with E-state index in [1.54, 1.807) is 0 Å². The molecular weight excluding hydrogens is 308 g/mol. The van der Waals surface area contributed by atoms with Gasteiger partial charge in [-0.1, -0.05) is 43.2 Å². The highest BCUT2D eigenvalue weighted by Crippen LogP contribution is 2.49. The summed E-state index contributed by atoms with van der Waals surface area (Å²) >= 11 is 0. The van der Waals surface area contributed by atoms with Crippen LogP contribution in [0.1, 0.15) is 61.7 Å². The van der Waals surface area contributed by atoms with E-state index in [0.29, 0.717) is 17.1 Å². The Morgan fingerprint density at radius 3 is 2.28 bits per heavy atom. The zero-order chi connectivity index (χ0) is 17.1. The van der Waals surface area contributed by atoms with Gasteiger partial charge in [0.25, 0.3) is 0 Å². The maximum atomic E-state index is 10.9. The van der Waals surface area contributed by atoms with Crippen LogP contribution in [0.3, 0.4) is 0 Å². The minimum atomic E-state index is 0.371. The van der Waals surface area contributed by atoms with Gasteiger partial charge in [0, 0.05) is 5.56 Å². The third-order valence-electron chi connectivity index (χ3n) is 6.17. The maximum absolute atomic E-state index is 10.9. The van der Waals surface area contributed by atoms with Crippen molar-refractivity contribution in [2.24, 2.45) is 5.41 Å². The molecule has 2 heteroatoms. The zero-order valence-electron chi connectivity index (χ0n) is 14.7. The molecule has 2 aromatic rings. The molecule has 2 fully saturated rings. The number of aldehydes is 1. The van der Waals surface area contributed by atoms with Crippen LogP contribution in [-0.4, -0.2) is 12.4 Å². The summed E-state index contributed by atoms with van der Waals surface area (Å²) < 4.78 is 6.24. The monoisotopic (exact) mass is 334 g/mol. The van der Waals surface area contributed by atoms with Gasteiger partial charge in [-0.2, -0.15) is 0 Å². The number of ether oxygens (including phenoxy) is 1. The molecule has 0 saturated heterocycles. The molecule has 130 valence electrons. The minimum absolute atomic E-state index is 0.371. The van der Waals surface area contributed by atoms with Gasteiger partial charge in [0.05, 0.1) is 6.10 Å². The van der Waals surface area contributed by atoms with Crippen molar-refractivity contribution in [1.82, 2.24) is 0 Å². The fourth-order valence-corrected chi connectivity index (χ4v) is 4.66. The van der Waals surface area contributed by atoms with Crippen molar-refractivity contribution < 1.29 is 9.53 Å². The van der Waals surface area contributed by atoms with Gasteiger partial charge in [0.2, 0.25) is 0 Å². The Kier molecular flexibility index (Phi) is 4.61. The molecule has 0 heterocycles. The van der Waals surface area contributed by atoms with Crippen molar-refractivity contribution in [2.75, 3.05) is 0 Å². The van der Waals surface area contributed by atoms with Crippen LogP contribution < -0.4 is 4.74 Å². The van der Waals surface area contributed by atoms with E-state index in [1.807, 2.05) is 24.3 Å². The fourth-order valence-electron chi connectivity index (χ4n) is 4.66. The number of rotatable bonds is 4. The summed E-state index contributed by atoms with van der Waals surface area (Å²) in [6.07, 6.45) is 12.1. The van der Waals surface area contributed by atoms with Crippen LogP contribution in [0.15, 0.2) is 48.5 Å². The highest BCUT2D eigenvalue weighted by molar-refractivity contribution is 5.78. The third-order valence-corrected chi connectivity index (χ3v) is 6.17. The average molecular weight is 334 g/mol. The van der Waals surface area contributed by atoms with Crippen molar-refractivity contribution in [3.8, 4) is 16.9 Å². The van der Waals surface area contributed by atoms with Crippen LogP contribution in [-0.2, 0) is 0 Å². The first-order valence-corrected chi connectivity index (χ1v) is 9.59. The van der Waals surface area contributed by atoms with Gasteiger partial charge in [-0.3, -0.25) is 4.79 Å². The maximum Gasteiger partial charge on any atom is 0.150 e. The van der Waals surface area contributed by atoms with Crippen molar-refractivity contribution in [3.05, 3.63) is 54.1 Å². The summed E-state index contributed by atoms with van der Waals surface area (Å²) in [7, 11) is 0. The van der Waals surface area contributed by atoms with Crippen molar-refractivity contribution in [2.45, 2.75) is 57.5 Å². The van der Waals surface area contributed by atoms with Crippen LogP contribution in [0.2, 0.25) is 0 Å². The molecule has 0 atom stereocenters. The second kappa shape index (κ2) is 7.03. The van der Waals surface area contributed by atoms with E-state index in [1.165, 1.54) is 51.4 Å². The summed E-state index contributed by atoms with van der Waals surface area (Å²) in [5.41, 5.74) is 3.55. The number of carbonyl (C=O) groups excluding carboxylic acids is 1. The highest BCUT2D eigenvalue weighted by atomic mass is 16.5.